The maximum atomic E-state index is 14.4. The summed E-state index contributed by atoms with van der Waals surface area (Å²) in [5.41, 5.74) is 1.38. The highest BCUT2D eigenvalue weighted by Crippen LogP contribution is 2.29. The fraction of sp³-hybridized carbons (Fsp3) is 0.235. The minimum Gasteiger partial charge on any atom is -0.354 e. The second kappa shape index (κ2) is 15.9. The molecule has 4 rings (SSSR count). The third-order valence-corrected chi connectivity index (χ3v) is 9.65. The number of amides is 2. The third-order valence-electron chi connectivity index (χ3n) is 7.20. The molecular weight excluding hydrogens is 636 g/mol. The lowest BCUT2D eigenvalue weighted by Crippen LogP contribution is -2.53. The maximum absolute atomic E-state index is 14.4. The molecule has 0 spiro atoms. The van der Waals surface area contributed by atoms with E-state index >= 15 is 0 Å². The number of nitrogens with one attached hydrogen (secondary N) is 1. The number of sulfonamides is 1. The number of nitrogens with zero attached hydrogens (tertiary/aromatic N) is 2. The second-order valence-corrected chi connectivity index (χ2v) is 13.1. The van der Waals surface area contributed by atoms with Crippen molar-refractivity contribution in [3.8, 4) is 0 Å². The van der Waals surface area contributed by atoms with Crippen molar-refractivity contribution in [2.75, 3.05) is 17.4 Å². The molecule has 0 aliphatic carbocycles. The van der Waals surface area contributed by atoms with Gasteiger partial charge in [-0.25, -0.2) is 12.8 Å². The van der Waals surface area contributed by atoms with E-state index in [9.17, 15) is 22.4 Å². The normalized spacial score (nSPS) is 11.9. The Bertz CT molecular complexity index is 1710. The van der Waals surface area contributed by atoms with Crippen LogP contribution in [0.3, 0.4) is 0 Å². The van der Waals surface area contributed by atoms with E-state index < -0.39 is 34.3 Å². The van der Waals surface area contributed by atoms with Gasteiger partial charge in [0.15, 0.2) is 0 Å². The minimum atomic E-state index is -4.34. The summed E-state index contributed by atoms with van der Waals surface area (Å²) in [5.74, 6) is -1.78. The number of halogens is 3. The van der Waals surface area contributed by atoms with Gasteiger partial charge in [-0.05, 0) is 53.9 Å². The molecule has 1 N–H and O–H groups in total. The van der Waals surface area contributed by atoms with E-state index in [0.717, 1.165) is 34.8 Å². The Morgan fingerprint density at radius 3 is 2.16 bits per heavy atom. The number of unbranched alkanes of at least 4 members (excludes halogenated alkanes) is 1. The number of benzene rings is 4. The monoisotopic (exact) mass is 669 g/mol. The zero-order chi connectivity index (χ0) is 32.4. The molecule has 0 aliphatic heterocycles. The zero-order valence-corrected chi connectivity index (χ0v) is 27.0. The highest BCUT2D eigenvalue weighted by atomic mass is 35.5. The van der Waals surface area contributed by atoms with Crippen LogP contribution in [-0.2, 0) is 32.6 Å². The van der Waals surface area contributed by atoms with E-state index in [-0.39, 0.29) is 34.5 Å². The van der Waals surface area contributed by atoms with Gasteiger partial charge >= 0.3 is 0 Å². The van der Waals surface area contributed by atoms with Crippen LogP contribution in [-0.4, -0.2) is 44.3 Å². The summed E-state index contributed by atoms with van der Waals surface area (Å²) in [7, 11) is -4.34. The Labute approximate surface area is 273 Å². The van der Waals surface area contributed by atoms with Crippen LogP contribution < -0.4 is 9.62 Å². The van der Waals surface area contributed by atoms with Crippen molar-refractivity contribution in [3.63, 3.8) is 0 Å². The summed E-state index contributed by atoms with van der Waals surface area (Å²) in [4.78, 5) is 29.5. The van der Waals surface area contributed by atoms with E-state index in [4.69, 9.17) is 23.2 Å². The first kappa shape index (κ1) is 34.0. The number of rotatable bonds is 14. The molecule has 0 heterocycles. The summed E-state index contributed by atoms with van der Waals surface area (Å²) < 4.78 is 43.0. The molecule has 0 aromatic heterocycles. The molecule has 0 fully saturated rings. The smallest absolute Gasteiger partial charge is 0.264 e. The molecule has 4 aromatic carbocycles. The van der Waals surface area contributed by atoms with Gasteiger partial charge in [-0.2, -0.15) is 0 Å². The fourth-order valence-corrected chi connectivity index (χ4v) is 6.56. The molecule has 0 saturated heterocycles. The molecule has 1 atom stereocenters. The molecule has 0 aliphatic rings. The van der Waals surface area contributed by atoms with Crippen LogP contribution >= 0.6 is 23.2 Å². The standard InChI is InChI=1S/C34H34Cl2FN3O4S/c1-2-3-20-38-34(42)32(21-25-12-6-4-7-13-25)39(23-26-14-10-11-17-29(26)35)33(41)24-40(27-18-19-31(37)30(36)22-27)45(43,44)28-15-8-5-9-16-28/h4-19,22,32H,2-3,20-21,23-24H2,1H3,(H,38,42). The Kier molecular flexibility index (Phi) is 12.0. The molecule has 2 amide bonds. The van der Waals surface area contributed by atoms with Gasteiger partial charge in [0.2, 0.25) is 11.8 Å². The van der Waals surface area contributed by atoms with Crippen molar-refractivity contribution in [3.05, 3.63) is 130 Å². The van der Waals surface area contributed by atoms with E-state index in [2.05, 4.69) is 5.32 Å². The Morgan fingerprint density at radius 1 is 0.867 bits per heavy atom. The van der Waals surface area contributed by atoms with Crippen molar-refractivity contribution in [1.82, 2.24) is 10.2 Å². The SMILES string of the molecule is CCCCNC(=O)C(Cc1ccccc1)N(Cc1ccccc1Cl)C(=O)CN(c1ccc(F)c(Cl)c1)S(=O)(=O)c1ccccc1. The van der Waals surface area contributed by atoms with Crippen molar-refractivity contribution < 1.29 is 22.4 Å². The lowest BCUT2D eigenvalue weighted by atomic mass is 10.0. The molecule has 4 aromatic rings. The largest absolute Gasteiger partial charge is 0.354 e. The van der Waals surface area contributed by atoms with Crippen LogP contribution in [0.15, 0.2) is 108 Å². The lowest BCUT2D eigenvalue weighted by molar-refractivity contribution is -0.140. The third kappa shape index (κ3) is 8.84. The first-order valence-corrected chi connectivity index (χ1v) is 16.7. The van der Waals surface area contributed by atoms with Gasteiger partial charge < -0.3 is 10.2 Å². The van der Waals surface area contributed by atoms with Crippen LogP contribution in [0.5, 0.6) is 0 Å². The van der Waals surface area contributed by atoms with Crippen LogP contribution in [0.2, 0.25) is 10.0 Å². The summed E-state index contributed by atoms with van der Waals surface area (Å²) in [6.45, 7) is 1.65. The van der Waals surface area contributed by atoms with Gasteiger partial charge in [-0.3, -0.25) is 13.9 Å². The van der Waals surface area contributed by atoms with Crippen LogP contribution in [0.1, 0.15) is 30.9 Å². The molecular formula is C34H34Cl2FN3O4S. The van der Waals surface area contributed by atoms with Gasteiger partial charge in [0, 0.05) is 24.5 Å². The predicted molar refractivity (Wildman–Crippen MR) is 176 cm³/mol. The second-order valence-electron chi connectivity index (χ2n) is 10.4. The first-order valence-electron chi connectivity index (χ1n) is 14.5. The van der Waals surface area contributed by atoms with Crippen molar-refractivity contribution in [1.29, 1.82) is 0 Å². The summed E-state index contributed by atoms with van der Waals surface area (Å²) in [6.07, 6.45) is 1.78. The molecule has 0 bridgehead atoms. The lowest BCUT2D eigenvalue weighted by Gasteiger charge is -2.34. The molecule has 236 valence electrons. The summed E-state index contributed by atoms with van der Waals surface area (Å²) >= 11 is 12.6. The molecule has 45 heavy (non-hydrogen) atoms. The quantitative estimate of drug-likeness (QED) is 0.148. The van der Waals surface area contributed by atoms with Crippen molar-refractivity contribution in [2.24, 2.45) is 0 Å². The number of hydrogen-bond acceptors (Lipinski definition) is 4. The maximum Gasteiger partial charge on any atom is 0.264 e. The van der Waals surface area contributed by atoms with Crippen molar-refractivity contribution in [2.45, 2.75) is 43.7 Å². The van der Waals surface area contributed by atoms with E-state index in [0.29, 0.717) is 17.1 Å². The number of carbonyl (C=O) groups excluding carboxylic acids is 2. The molecule has 0 saturated carbocycles. The van der Waals surface area contributed by atoms with Crippen LogP contribution in [0.25, 0.3) is 0 Å². The Balaban J connectivity index is 1.81. The van der Waals surface area contributed by atoms with Crippen LogP contribution in [0, 0.1) is 5.82 Å². The van der Waals surface area contributed by atoms with E-state index in [1.807, 2.05) is 37.3 Å². The minimum absolute atomic E-state index is 0.0108. The molecule has 7 nitrogen and oxygen atoms in total. The Hall–Kier alpha value is -3.92. The molecule has 1 unspecified atom stereocenters. The highest BCUT2D eigenvalue weighted by Gasteiger charge is 2.35. The first-order chi connectivity index (χ1) is 21.6. The predicted octanol–water partition coefficient (Wildman–Crippen LogP) is 6.88. The van der Waals surface area contributed by atoms with Gasteiger partial charge in [0.1, 0.15) is 18.4 Å². The molecule has 0 radical (unpaired) electrons. The number of hydrogen-bond donors (Lipinski definition) is 1. The average Bonchev–Trinajstić information content (AvgIpc) is 3.04. The van der Waals surface area contributed by atoms with Gasteiger partial charge in [-0.15, -0.1) is 0 Å². The summed E-state index contributed by atoms with van der Waals surface area (Å²) in [6, 6.07) is 26.2. The average molecular weight is 671 g/mol. The van der Waals surface area contributed by atoms with E-state index in [1.165, 1.54) is 23.1 Å². The van der Waals surface area contributed by atoms with Gasteiger partial charge in [0.05, 0.1) is 15.6 Å². The van der Waals surface area contributed by atoms with E-state index in [1.54, 1.807) is 42.5 Å². The summed E-state index contributed by atoms with van der Waals surface area (Å²) in [5, 5.41) is 3.02. The zero-order valence-electron chi connectivity index (χ0n) is 24.7. The van der Waals surface area contributed by atoms with Crippen molar-refractivity contribution >= 4 is 50.7 Å². The number of anilines is 1. The highest BCUT2D eigenvalue weighted by molar-refractivity contribution is 7.92. The van der Waals surface area contributed by atoms with Crippen LogP contribution in [0.4, 0.5) is 10.1 Å². The Morgan fingerprint density at radius 2 is 1.51 bits per heavy atom. The fourth-order valence-electron chi connectivity index (χ4n) is 4.76. The molecule has 11 heteroatoms. The van der Waals surface area contributed by atoms with Gasteiger partial charge in [0.25, 0.3) is 10.0 Å². The van der Waals surface area contributed by atoms with Gasteiger partial charge in [-0.1, -0.05) is 103 Å². The topological polar surface area (TPSA) is 86.8 Å². The number of carbonyl (C=O) groups is 2.